The van der Waals surface area contributed by atoms with Crippen LogP contribution in [0.25, 0.3) is 0 Å². The summed E-state index contributed by atoms with van der Waals surface area (Å²) in [5, 5.41) is 8.43. The van der Waals surface area contributed by atoms with Gasteiger partial charge < -0.3 is 10.0 Å². The molecule has 114 valence electrons. The first kappa shape index (κ1) is 15.6. The van der Waals surface area contributed by atoms with E-state index in [0.717, 1.165) is 18.9 Å². The largest absolute Gasteiger partial charge is 0.478 e. The van der Waals surface area contributed by atoms with E-state index < -0.39 is 34.0 Å². The molecule has 0 bridgehead atoms. The van der Waals surface area contributed by atoms with Gasteiger partial charge in [0.05, 0.1) is 28.2 Å². The number of aromatic carboxylic acids is 1. The summed E-state index contributed by atoms with van der Waals surface area (Å²) in [5.41, 5.74) is -2.01. The molecule has 1 aliphatic heterocycles. The highest BCUT2D eigenvalue weighted by molar-refractivity contribution is 6.36. The Morgan fingerprint density at radius 1 is 1.33 bits per heavy atom. The van der Waals surface area contributed by atoms with Crippen LogP contribution in [-0.4, -0.2) is 35.4 Å². The number of rotatable bonds is 3. The highest BCUT2D eigenvalue weighted by atomic mass is 35.5. The lowest BCUT2D eigenvalue weighted by molar-refractivity contribution is -0.137. The normalized spacial score (nSPS) is 15.9. The average molecular weight is 321 g/mol. The van der Waals surface area contributed by atoms with Gasteiger partial charge in [0.15, 0.2) is 0 Å². The second-order valence-electron chi connectivity index (χ2n) is 4.61. The zero-order valence-electron chi connectivity index (χ0n) is 10.8. The third-order valence-corrected chi connectivity index (χ3v) is 3.53. The lowest BCUT2D eigenvalue weighted by Crippen LogP contribution is -2.16. The predicted octanol–water partition coefficient (Wildman–Crippen LogP) is 3.81. The Balaban J connectivity index is 2.47. The molecule has 1 heterocycles. The van der Waals surface area contributed by atoms with Crippen LogP contribution in [0.3, 0.4) is 0 Å². The average Bonchev–Trinajstić information content (AvgIpc) is 2.88. The molecule has 0 unspecified atom stereocenters. The Labute approximate surface area is 123 Å². The Morgan fingerprint density at radius 2 is 1.95 bits per heavy atom. The zero-order chi connectivity index (χ0) is 15.6. The fraction of sp³-hybridized carbons (Fsp3) is 0.385. The van der Waals surface area contributed by atoms with Crippen LogP contribution < -0.4 is 0 Å². The van der Waals surface area contributed by atoms with E-state index in [1.54, 1.807) is 4.90 Å². The molecule has 1 fully saturated rings. The number of carboxylic acids is 1. The van der Waals surface area contributed by atoms with Gasteiger partial charge in [0.1, 0.15) is 0 Å². The molecular weight excluding hydrogens is 309 g/mol. The minimum Gasteiger partial charge on any atom is -0.478 e. The summed E-state index contributed by atoms with van der Waals surface area (Å²) in [5.74, 6) is -1.40. The van der Waals surface area contributed by atoms with Crippen LogP contribution in [0, 0.1) is 0 Å². The van der Waals surface area contributed by atoms with Crippen LogP contribution in [0.15, 0.2) is 17.1 Å². The highest BCUT2D eigenvalue weighted by Crippen LogP contribution is 2.41. The Morgan fingerprint density at radius 3 is 2.48 bits per heavy atom. The first-order valence-corrected chi connectivity index (χ1v) is 6.59. The van der Waals surface area contributed by atoms with Crippen LogP contribution in [0.4, 0.5) is 18.9 Å². The minimum absolute atomic E-state index is 0.404. The molecule has 2 rings (SSSR count). The van der Waals surface area contributed by atoms with Crippen molar-refractivity contribution in [2.24, 2.45) is 4.99 Å². The molecule has 0 aromatic heterocycles. The fourth-order valence-electron chi connectivity index (χ4n) is 2.08. The van der Waals surface area contributed by atoms with Crippen molar-refractivity contribution in [3.05, 3.63) is 28.3 Å². The maximum Gasteiger partial charge on any atom is 0.418 e. The number of halogens is 4. The van der Waals surface area contributed by atoms with Gasteiger partial charge in [-0.2, -0.15) is 13.2 Å². The molecule has 4 nitrogen and oxygen atoms in total. The van der Waals surface area contributed by atoms with Crippen molar-refractivity contribution in [1.29, 1.82) is 0 Å². The molecule has 1 saturated heterocycles. The minimum atomic E-state index is -4.65. The highest BCUT2D eigenvalue weighted by Gasteiger charge is 2.35. The predicted molar refractivity (Wildman–Crippen MR) is 72.4 cm³/mol. The van der Waals surface area contributed by atoms with Crippen molar-refractivity contribution in [3.63, 3.8) is 0 Å². The van der Waals surface area contributed by atoms with Crippen molar-refractivity contribution >= 4 is 29.6 Å². The van der Waals surface area contributed by atoms with Gasteiger partial charge in [0, 0.05) is 13.1 Å². The third kappa shape index (κ3) is 3.47. The van der Waals surface area contributed by atoms with E-state index in [2.05, 4.69) is 4.99 Å². The monoisotopic (exact) mass is 320 g/mol. The molecule has 0 atom stereocenters. The van der Waals surface area contributed by atoms with Crippen LogP contribution >= 0.6 is 11.6 Å². The standard InChI is InChI=1S/C13H12ClF3N2O2/c14-10-8(12(20)21)3-4-9(13(15,16)17)11(10)18-7-19-5-1-2-6-19/h3-4,7H,1-2,5-6H2,(H,20,21)/b18-7+. The van der Waals surface area contributed by atoms with Gasteiger partial charge in [0.2, 0.25) is 0 Å². The molecule has 21 heavy (non-hydrogen) atoms. The van der Waals surface area contributed by atoms with Gasteiger partial charge >= 0.3 is 12.1 Å². The van der Waals surface area contributed by atoms with E-state index in [9.17, 15) is 18.0 Å². The van der Waals surface area contributed by atoms with Crippen molar-refractivity contribution in [2.75, 3.05) is 13.1 Å². The zero-order valence-corrected chi connectivity index (χ0v) is 11.6. The molecule has 0 saturated carbocycles. The van der Waals surface area contributed by atoms with Crippen molar-refractivity contribution in [1.82, 2.24) is 4.90 Å². The summed E-state index contributed by atoms with van der Waals surface area (Å²) in [6.07, 6.45) is -1.48. The van der Waals surface area contributed by atoms with Crippen LogP contribution in [0.2, 0.25) is 5.02 Å². The van der Waals surface area contributed by atoms with E-state index in [1.807, 2.05) is 0 Å². The number of benzene rings is 1. The van der Waals surface area contributed by atoms with Gasteiger partial charge in [-0.15, -0.1) is 0 Å². The molecule has 0 spiro atoms. The molecular formula is C13H12ClF3N2O2. The lowest BCUT2D eigenvalue weighted by Gasteiger charge is -2.14. The smallest absolute Gasteiger partial charge is 0.418 e. The number of carboxylic acid groups (broad SMARTS) is 1. The molecule has 1 aliphatic rings. The first-order chi connectivity index (χ1) is 9.80. The van der Waals surface area contributed by atoms with Crippen molar-refractivity contribution in [3.8, 4) is 0 Å². The fourth-order valence-corrected chi connectivity index (χ4v) is 2.38. The van der Waals surface area contributed by atoms with Crippen LogP contribution in [0.5, 0.6) is 0 Å². The summed E-state index contributed by atoms with van der Waals surface area (Å²) in [4.78, 5) is 16.5. The molecule has 0 radical (unpaired) electrons. The molecule has 8 heteroatoms. The van der Waals surface area contributed by atoms with Gasteiger partial charge in [0.25, 0.3) is 0 Å². The summed E-state index contributed by atoms with van der Waals surface area (Å²) in [6, 6.07) is 1.52. The second kappa shape index (κ2) is 5.93. The first-order valence-electron chi connectivity index (χ1n) is 6.22. The number of alkyl halides is 3. The van der Waals surface area contributed by atoms with E-state index in [0.29, 0.717) is 19.2 Å². The second-order valence-corrected chi connectivity index (χ2v) is 4.99. The third-order valence-electron chi connectivity index (χ3n) is 3.14. The van der Waals surface area contributed by atoms with Gasteiger partial charge in [-0.3, -0.25) is 0 Å². The number of carbonyl (C=O) groups is 1. The number of hydrogen-bond donors (Lipinski definition) is 1. The van der Waals surface area contributed by atoms with Crippen LogP contribution in [0.1, 0.15) is 28.8 Å². The molecule has 1 N–H and O–H groups in total. The molecule has 0 amide bonds. The quantitative estimate of drug-likeness (QED) is 0.680. The Kier molecular flexibility index (Phi) is 4.41. The van der Waals surface area contributed by atoms with Crippen molar-refractivity contribution < 1.29 is 23.1 Å². The Bertz CT molecular complexity index is 582. The lowest BCUT2D eigenvalue weighted by atomic mass is 10.1. The summed E-state index contributed by atoms with van der Waals surface area (Å²) in [7, 11) is 0. The summed E-state index contributed by atoms with van der Waals surface area (Å²) in [6.45, 7) is 1.42. The molecule has 1 aromatic carbocycles. The van der Waals surface area contributed by atoms with Crippen molar-refractivity contribution in [2.45, 2.75) is 19.0 Å². The number of likely N-dealkylation sites (tertiary alicyclic amines) is 1. The SMILES string of the molecule is O=C(O)c1ccc(C(F)(F)F)c(/N=C/N2CCCC2)c1Cl. The summed E-state index contributed by atoms with van der Waals surface area (Å²) < 4.78 is 38.9. The maximum atomic E-state index is 13.0. The van der Waals surface area contributed by atoms with Crippen LogP contribution in [-0.2, 0) is 6.18 Å². The number of aliphatic imine (C=N–C) groups is 1. The van der Waals surface area contributed by atoms with E-state index in [1.165, 1.54) is 6.34 Å². The van der Waals surface area contributed by atoms with Gasteiger partial charge in [-0.1, -0.05) is 11.6 Å². The molecule has 1 aromatic rings. The van der Waals surface area contributed by atoms with E-state index >= 15 is 0 Å². The van der Waals surface area contributed by atoms with Gasteiger partial charge in [-0.25, -0.2) is 9.79 Å². The topological polar surface area (TPSA) is 52.9 Å². The number of hydrogen-bond acceptors (Lipinski definition) is 2. The van der Waals surface area contributed by atoms with E-state index in [4.69, 9.17) is 16.7 Å². The Hall–Kier alpha value is -1.76. The van der Waals surface area contributed by atoms with Gasteiger partial charge in [-0.05, 0) is 25.0 Å². The molecule has 0 aliphatic carbocycles. The number of nitrogens with zero attached hydrogens (tertiary/aromatic N) is 2. The summed E-state index contributed by atoms with van der Waals surface area (Å²) >= 11 is 5.79. The maximum absolute atomic E-state index is 13.0. The van der Waals surface area contributed by atoms with E-state index in [-0.39, 0.29) is 0 Å².